The van der Waals surface area contributed by atoms with Gasteiger partial charge in [0.25, 0.3) is 0 Å². The predicted octanol–water partition coefficient (Wildman–Crippen LogP) is 1.18. The minimum Gasteiger partial charge on any atom is -0.444 e. The Bertz CT molecular complexity index is 233. The number of likely N-dealkylation sites (tertiary alicyclic amines) is 1. The van der Waals surface area contributed by atoms with Gasteiger partial charge in [-0.25, -0.2) is 9.18 Å². The minimum atomic E-state index is -1.23. The zero-order valence-corrected chi connectivity index (χ0v) is 9.36. The first kappa shape index (κ1) is 12.2. The van der Waals surface area contributed by atoms with E-state index in [0.717, 1.165) is 0 Å². The van der Waals surface area contributed by atoms with E-state index in [-0.39, 0.29) is 5.92 Å². The van der Waals surface area contributed by atoms with E-state index in [4.69, 9.17) is 9.84 Å². The Morgan fingerprint density at radius 2 is 2.13 bits per heavy atom. The summed E-state index contributed by atoms with van der Waals surface area (Å²) >= 11 is 0. The van der Waals surface area contributed by atoms with Gasteiger partial charge in [-0.15, -0.1) is 0 Å². The summed E-state index contributed by atoms with van der Waals surface area (Å²) in [6.07, 6.45) is -1.65. The molecule has 0 aliphatic carbocycles. The maximum absolute atomic E-state index is 12.9. The normalized spacial score (nSPS) is 19.7. The Balaban J connectivity index is 2.30. The van der Waals surface area contributed by atoms with Crippen LogP contribution in [-0.2, 0) is 4.74 Å². The standard InChI is InChI=1S/C10H18FNO3/c1-10(2,3)15-9(14)12-4-7(5-12)8(11)6-13/h7-8,13H,4-6H2,1-3H3. The van der Waals surface area contributed by atoms with Crippen molar-refractivity contribution >= 4 is 6.09 Å². The van der Waals surface area contributed by atoms with Gasteiger partial charge in [-0.3, -0.25) is 0 Å². The van der Waals surface area contributed by atoms with E-state index in [1.807, 2.05) is 0 Å². The second-order valence-corrected chi connectivity index (χ2v) is 4.84. The molecule has 0 bridgehead atoms. The Kier molecular flexibility index (Phi) is 3.54. The molecule has 88 valence electrons. The molecule has 0 spiro atoms. The zero-order valence-electron chi connectivity index (χ0n) is 9.36. The summed E-state index contributed by atoms with van der Waals surface area (Å²) in [7, 11) is 0. The maximum atomic E-state index is 12.9. The van der Waals surface area contributed by atoms with E-state index < -0.39 is 24.5 Å². The summed E-state index contributed by atoms with van der Waals surface area (Å²) < 4.78 is 18.0. The summed E-state index contributed by atoms with van der Waals surface area (Å²) in [4.78, 5) is 12.9. The molecular formula is C10H18FNO3. The first-order valence-corrected chi connectivity index (χ1v) is 5.06. The van der Waals surface area contributed by atoms with Crippen molar-refractivity contribution in [3.63, 3.8) is 0 Å². The Labute approximate surface area is 89.0 Å². The first-order valence-electron chi connectivity index (χ1n) is 5.06. The number of amides is 1. The third-order valence-corrected chi connectivity index (χ3v) is 2.25. The number of ether oxygens (including phenoxy) is 1. The number of rotatable bonds is 2. The fraction of sp³-hybridized carbons (Fsp3) is 0.900. The largest absolute Gasteiger partial charge is 0.444 e. The molecule has 0 aromatic rings. The molecule has 0 aromatic heterocycles. The molecule has 1 aliphatic rings. The van der Waals surface area contributed by atoms with Crippen LogP contribution < -0.4 is 0 Å². The Hall–Kier alpha value is -0.840. The molecule has 1 unspecified atom stereocenters. The third kappa shape index (κ3) is 3.34. The van der Waals surface area contributed by atoms with E-state index in [2.05, 4.69) is 0 Å². The van der Waals surface area contributed by atoms with Crippen LogP contribution in [0.4, 0.5) is 9.18 Å². The Morgan fingerprint density at radius 1 is 1.60 bits per heavy atom. The van der Waals surface area contributed by atoms with Crippen molar-refractivity contribution in [1.82, 2.24) is 4.90 Å². The quantitative estimate of drug-likeness (QED) is 0.758. The number of carbonyl (C=O) groups excluding carboxylic acids is 1. The molecule has 1 N–H and O–H groups in total. The van der Waals surface area contributed by atoms with E-state index in [1.165, 1.54) is 4.90 Å². The average molecular weight is 219 g/mol. The van der Waals surface area contributed by atoms with Crippen LogP contribution in [0.2, 0.25) is 0 Å². The summed E-state index contributed by atoms with van der Waals surface area (Å²) in [6, 6.07) is 0. The number of hydrogen-bond acceptors (Lipinski definition) is 3. The van der Waals surface area contributed by atoms with Crippen molar-refractivity contribution in [1.29, 1.82) is 0 Å². The molecule has 15 heavy (non-hydrogen) atoms. The molecule has 1 saturated heterocycles. The number of hydrogen-bond donors (Lipinski definition) is 1. The lowest BCUT2D eigenvalue weighted by Gasteiger charge is -2.40. The summed E-state index contributed by atoms with van der Waals surface area (Å²) in [5.74, 6) is -0.248. The van der Waals surface area contributed by atoms with Crippen LogP contribution in [0.5, 0.6) is 0 Å². The molecule has 0 aromatic carbocycles. The van der Waals surface area contributed by atoms with E-state index in [9.17, 15) is 9.18 Å². The lowest BCUT2D eigenvalue weighted by atomic mass is 9.96. The third-order valence-electron chi connectivity index (χ3n) is 2.25. The number of alkyl halides is 1. The lowest BCUT2D eigenvalue weighted by Crippen LogP contribution is -2.55. The number of aliphatic hydroxyl groups is 1. The van der Waals surface area contributed by atoms with Crippen molar-refractivity contribution < 1.29 is 19.0 Å². The molecule has 1 rings (SSSR count). The highest BCUT2D eigenvalue weighted by Crippen LogP contribution is 2.23. The number of nitrogens with zero attached hydrogens (tertiary/aromatic N) is 1. The van der Waals surface area contributed by atoms with E-state index in [1.54, 1.807) is 20.8 Å². The van der Waals surface area contributed by atoms with Gasteiger partial charge in [0.05, 0.1) is 6.61 Å². The van der Waals surface area contributed by atoms with Crippen molar-refractivity contribution in [2.75, 3.05) is 19.7 Å². The highest BCUT2D eigenvalue weighted by Gasteiger charge is 2.38. The number of carbonyl (C=O) groups is 1. The van der Waals surface area contributed by atoms with Crippen LogP contribution >= 0.6 is 0 Å². The van der Waals surface area contributed by atoms with Gasteiger partial charge in [-0.2, -0.15) is 0 Å². The highest BCUT2D eigenvalue weighted by molar-refractivity contribution is 5.69. The van der Waals surface area contributed by atoms with Crippen molar-refractivity contribution in [3.05, 3.63) is 0 Å². The second kappa shape index (κ2) is 4.35. The Morgan fingerprint density at radius 3 is 2.53 bits per heavy atom. The lowest BCUT2D eigenvalue weighted by molar-refractivity contribution is -0.0226. The van der Waals surface area contributed by atoms with Gasteiger partial charge in [-0.1, -0.05) is 0 Å². The van der Waals surface area contributed by atoms with Crippen molar-refractivity contribution in [2.24, 2.45) is 5.92 Å². The van der Waals surface area contributed by atoms with Gasteiger partial charge < -0.3 is 14.7 Å². The minimum absolute atomic E-state index is 0.248. The van der Waals surface area contributed by atoms with Crippen LogP contribution in [0, 0.1) is 5.92 Å². The maximum Gasteiger partial charge on any atom is 0.410 e. The number of aliphatic hydroxyl groups excluding tert-OH is 1. The van der Waals surface area contributed by atoms with Crippen LogP contribution in [0.25, 0.3) is 0 Å². The molecule has 1 fully saturated rings. The van der Waals surface area contributed by atoms with E-state index >= 15 is 0 Å². The average Bonchev–Trinajstić information content (AvgIpc) is 1.97. The highest BCUT2D eigenvalue weighted by atomic mass is 19.1. The van der Waals surface area contributed by atoms with Gasteiger partial charge in [0.1, 0.15) is 11.8 Å². The van der Waals surface area contributed by atoms with Crippen LogP contribution in [0.3, 0.4) is 0 Å². The van der Waals surface area contributed by atoms with Crippen LogP contribution in [0.1, 0.15) is 20.8 Å². The summed E-state index contributed by atoms with van der Waals surface area (Å²) in [5, 5.41) is 8.57. The molecule has 5 heteroatoms. The molecule has 0 saturated carbocycles. The van der Waals surface area contributed by atoms with Gasteiger partial charge in [-0.05, 0) is 20.8 Å². The predicted molar refractivity (Wildman–Crippen MR) is 53.3 cm³/mol. The molecule has 4 nitrogen and oxygen atoms in total. The SMILES string of the molecule is CC(C)(C)OC(=O)N1CC(C(F)CO)C1. The molecule has 0 radical (unpaired) electrons. The second-order valence-electron chi connectivity index (χ2n) is 4.84. The fourth-order valence-electron chi connectivity index (χ4n) is 1.37. The van der Waals surface area contributed by atoms with Gasteiger partial charge >= 0.3 is 6.09 Å². The smallest absolute Gasteiger partial charge is 0.410 e. The number of halogens is 1. The van der Waals surface area contributed by atoms with Crippen molar-refractivity contribution in [3.8, 4) is 0 Å². The molecule has 1 aliphatic heterocycles. The fourth-order valence-corrected chi connectivity index (χ4v) is 1.37. The van der Waals surface area contributed by atoms with Crippen LogP contribution in [0.15, 0.2) is 0 Å². The van der Waals surface area contributed by atoms with Gasteiger partial charge in [0, 0.05) is 19.0 Å². The molecule has 1 heterocycles. The summed E-state index contributed by atoms with van der Waals surface area (Å²) in [5.41, 5.74) is -0.520. The summed E-state index contributed by atoms with van der Waals surface area (Å²) in [6.45, 7) is 5.54. The van der Waals surface area contributed by atoms with Crippen LogP contribution in [-0.4, -0.2) is 47.6 Å². The van der Waals surface area contributed by atoms with Gasteiger partial charge in [0.15, 0.2) is 0 Å². The molecule has 1 amide bonds. The monoisotopic (exact) mass is 219 g/mol. The topological polar surface area (TPSA) is 49.8 Å². The molecule has 1 atom stereocenters. The van der Waals surface area contributed by atoms with Crippen molar-refractivity contribution in [2.45, 2.75) is 32.5 Å². The first-order chi connectivity index (χ1) is 6.83. The molecular weight excluding hydrogens is 201 g/mol. The van der Waals surface area contributed by atoms with E-state index in [0.29, 0.717) is 13.1 Å². The zero-order chi connectivity index (χ0) is 11.6. The van der Waals surface area contributed by atoms with Gasteiger partial charge in [0.2, 0.25) is 0 Å².